The zero-order valence-electron chi connectivity index (χ0n) is 16.2. The van der Waals surface area contributed by atoms with Crippen molar-refractivity contribution in [2.24, 2.45) is 10.9 Å². The third kappa shape index (κ3) is 8.31. The van der Waals surface area contributed by atoms with Gasteiger partial charge < -0.3 is 15.2 Å². The van der Waals surface area contributed by atoms with E-state index in [1.165, 1.54) is 12.8 Å². The second-order valence-corrected chi connectivity index (χ2v) is 7.08. The molecule has 0 radical (unpaired) electrons. The van der Waals surface area contributed by atoms with Crippen LogP contribution in [-0.2, 0) is 6.42 Å². The van der Waals surface area contributed by atoms with E-state index in [0.29, 0.717) is 24.9 Å². The quantitative estimate of drug-likeness (QED) is 0.505. The predicted molar refractivity (Wildman–Crippen MR) is 99.4 cm³/mol. The summed E-state index contributed by atoms with van der Waals surface area (Å²) in [5.74, 6) is 3.33. The van der Waals surface area contributed by atoms with Crippen LogP contribution in [0.15, 0.2) is 9.52 Å². The monoisotopic (exact) mass is 337 g/mol. The molecule has 1 aromatic heterocycles. The maximum Gasteiger partial charge on any atom is 0.228 e. The number of hydrogen-bond donors (Lipinski definition) is 2. The first-order valence-corrected chi connectivity index (χ1v) is 9.29. The molecular weight excluding hydrogens is 302 g/mol. The molecule has 6 nitrogen and oxygen atoms in total. The molecule has 0 saturated carbocycles. The first kappa shape index (κ1) is 20.5. The van der Waals surface area contributed by atoms with Crippen molar-refractivity contribution in [1.29, 1.82) is 0 Å². The molecule has 0 aliphatic rings. The normalized spacial score (nSPS) is 13.6. The molecule has 0 spiro atoms. The Morgan fingerprint density at radius 2 is 1.92 bits per heavy atom. The highest BCUT2D eigenvalue weighted by Crippen LogP contribution is 2.10. The van der Waals surface area contributed by atoms with Gasteiger partial charge >= 0.3 is 0 Å². The smallest absolute Gasteiger partial charge is 0.228 e. The lowest BCUT2D eigenvalue weighted by molar-refractivity contribution is 0.372. The molecule has 0 bridgehead atoms. The third-order valence-corrected chi connectivity index (χ3v) is 3.74. The highest BCUT2D eigenvalue weighted by atomic mass is 16.5. The second-order valence-electron chi connectivity index (χ2n) is 7.08. The van der Waals surface area contributed by atoms with Crippen LogP contribution >= 0.6 is 0 Å². The van der Waals surface area contributed by atoms with Crippen LogP contribution in [0.4, 0.5) is 0 Å². The summed E-state index contributed by atoms with van der Waals surface area (Å²) in [6.45, 7) is 14.4. The van der Waals surface area contributed by atoms with E-state index in [1.807, 2.05) is 0 Å². The molecule has 0 aliphatic carbocycles. The zero-order chi connectivity index (χ0) is 17.9. The Balaban J connectivity index is 2.43. The van der Waals surface area contributed by atoms with Crippen LogP contribution in [0.1, 0.15) is 78.4 Å². The summed E-state index contributed by atoms with van der Waals surface area (Å²) >= 11 is 0. The van der Waals surface area contributed by atoms with Gasteiger partial charge in [-0.15, -0.1) is 0 Å². The topological polar surface area (TPSA) is 75.3 Å². The van der Waals surface area contributed by atoms with Crippen LogP contribution in [0.3, 0.4) is 0 Å². The second kappa shape index (κ2) is 11.0. The van der Waals surface area contributed by atoms with Gasteiger partial charge in [0.25, 0.3) is 0 Å². The minimum Gasteiger partial charge on any atom is -0.357 e. The van der Waals surface area contributed by atoms with Gasteiger partial charge in [0, 0.05) is 24.9 Å². The fraction of sp³-hybridized carbons (Fsp3) is 0.833. The van der Waals surface area contributed by atoms with Gasteiger partial charge in [-0.2, -0.15) is 4.98 Å². The lowest BCUT2D eigenvalue weighted by Crippen LogP contribution is -2.42. The SMILES string of the molecule is CCNC(=NCCc1nc(C(C)C)no1)NC(C)CCCC(C)C. The summed E-state index contributed by atoms with van der Waals surface area (Å²) in [4.78, 5) is 9.00. The highest BCUT2D eigenvalue weighted by Gasteiger charge is 2.10. The summed E-state index contributed by atoms with van der Waals surface area (Å²) < 4.78 is 5.25. The largest absolute Gasteiger partial charge is 0.357 e. The number of aliphatic imine (C=N–C) groups is 1. The van der Waals surface area contributed by atoms with Crippen molar-refractivity contribution in [1.82, 2.24) is 20.8 Å². The summed E-state index contributed by atoms with van der Waals surface area (Å²) in [6, 6.07) is 0.414. The Hall–Kier alpha value is -1.59. The first-order valence-electron chi connectivity index (χ1n) is 9.29. The molecule has 1 unspecified atom stereocenters. The first-order chi connectivity index (χ1) is 11.4. The van der Waals surface area contributed by atoms with Crippen LogP contribution in [0.2, 0.25) is 0 Å². The molecule has 1 aromatic rings. The molecule has 0 fully saturated rings. The summed E-state index contributed by atoms with van der Waals surface area (Å²) in [5, 5.41) is 10.7. The number of rotatable bonds is 10. The van der Waals surface area contributed by atoms with Crippen molar-refractivity contribution in [2.45, 2.75) is 79.2 Å². The molecule has 24 heavy (non-hydrogen) atoms. The molecule has 6 heteroatoms. The average Bonchev–Trinajstić information content (AvgIpc) is 2.96. The van der Waals surface area contributed by atoms with E-state index in [-0.39, 0.29) is 5.92 Å². The fourth-order valence-corrected chi connectivity index (χ4v) is 2.33. The van der Waals surface area contributed by atoms with Crippen molar-refractivity contribution >= 4 is 5.96 Å². The Labute approximate surface area is 146 Å². The molecule has 1 rings (SSSR count). The summed E-state index contributed by atoms with van der Waals surface area (Å²) in [7, 11) is 0. The Bertz CT molecular complexity index is 482. The van der Waals surface area contributed by atoms with E-state index in [0.717, 1.165) is 30.7 Å². The molecule has 0 saturated heterocycles. The average molecular weight is 338 g/mol. The van der Waals surface area contributed by atoms with E-state index in [1.54, 1.807) is 0 Å². The number of nitrogens with zero attached hydrogens (tertiary/aromatic N) is 3. The van der Waals surface area contributed by atoms with E-state index in [4.69, 9.17) is 4.52 Å². The van der Waals surface area contributed by atoms with Crippen LogP contribution < -0.4 is 10.6 Å². The van der Waals surface area contributed by atoms with E-state index in [2.05, 4.69) is 67.3 Å². The Morgan fingerprint density at radius 3 is 2.50 bits per heavy atom. The van der Waals surface area contributed by atoms with Gasteiger partial charge in [0.1, 0.15) is 0 Å². The molecule has 0 aromatic carbocycles. The van der Waals surface area contributed by atoms with Crippen LogP contribution in [-0.4, -0.2) is 35.2 Å². The number of hydrogen-bond acceptors (Lipinski definition) is 4. The zero-order valence-corrected chi connectivity index (χ0v) is 16.2. The molecule has 1 atom stereocenters. The highest BCUT2D eigenvalue weighted by molar-refractivity contribution is 5.80. The van der Waals surface area contributed by atoms with Gasteiger partial charge in [-0.1, -0.05) is 45.7 Å². The van der Waals surface area contributed by atoms with Crippen molar-refractivity contribution in [3.63, 3.8) is 0 Å². The summed E-state index contributed by atoms with van der Waals surface area (Å²) in [5.41, 5.74) is 0. The van der Waals surface area contributed by atoms with Gasteiger partial charge in [0.2, 0.25) is 5.89 Å². The van der Waals surface area contributed by atoms with Crippen molar-refractivity contribution in [3.8, 4) is 0 Å². The number of aromatic nitrogens is 2. The molecule has 0 aliphatic heterocycles. The molecule has 1 heterocycles. The predicted octanol–water partition coefficient (Wildman–Crippen LogP) is 3.51. The minimum absolute atomic E-state index is 0.289. The fourth-order valence-electron chi connectivity index (χ4n) is 2.33. The molecular formula is C18H35N5O. The van der Waals surface area contributed by atoms with Crippen molar-refractivity contribution < 1.29 is 4.52 Å². The number of nitrogens with one attached hydrogen (secondary N) is 2. The maximum absolute atomic E-state index is 5.25. The van der Waals surface area contributed by atoms with Gasteiger partial charge in [0.15, 0.2) is 11.8 Å². The molecule has 0 amide bonds. The standard InChI is InChI=1S/C18H35N5O/c1-7-19-18(21-15(6)10-8-9-13(2)3)20-12-11-16-22-17(14(4)5)23-24-16/h13-15H,7-12H2,1-6H3,(H2,19,20,21). The maximum atomic E-state index is 5.25. The van der Waals surface area contributed by atoms with Crippen molar-refractivity contribution in [3.05, 3.63) is 11.7 Å². The lowest BCUT2D eigenvalue weighted by atomic mass is 10.0. The Kier molecular flexibility index (Phi) is 9.42. The lowest BCUT2D eigenvalue weighted by Gasteiger charge is -2.18. The third-order valence-electron chi connectivity index (χ3n) is 3.74. The molecule has 138 valence electrons. The van der Waals surface area contributed by atoms with Gasteiger partial charge in [-0.05, 0) is 26.2 Å². The van der Waals surface area contributed by atoms with Gasteiger partial charge in [-0.3, -0.25) is 4.99 Å². The van der Waals surface area contributed by atoms with Crippen LogP contribution in [0, 0.1) is 5.92 Å². The number of guanidine groups is 1. The van der Waals surface area contributed by atoms with Crippen LogP contribution in [0.25, 0.3) is 0 Å². The minimum atomic E-state index is 0.289. The summed E-state index contributed by atoms with van der Waals surface area (Å²) in [6.07, 6.45) is 4.34. The van der Waals surface area contributed by atoms with E-state index < -0.39 is 0 Å². The van der Waals surface area contributed by atoms with Crippen molar-refractivity contribution in [2.75, 3.05) is 13.1 Å². The van der Waals surface area contributed by atoms with Gasteiger partial charge in [0.05, 0.1) is 6.54 Å². The van der Waals surface area contributed by atoms with E-state index in [9.17, 15) is 0 Å². The molecule has 2 N–H and O–H groups in total. The van der Waals surface area contributed by atoms with Gasteiger partial charge in [-0.25, -0.2) is 0 Å². The van der Waals surface area contributed by atoms with Crippen LogP contribution in [0.5, 0.6) is 0 Å². The Morgan fingerprint density at radius 1 is 1.17 bits per heavy atom. The van der Waals surface area contributed by atoms with E-state index >= 15 is 0 Å².